The van der Waals surface area contributed by atoms with Crippen molar-refractivity contribution in [1.82, 2.24) is 4.90 Å². The van der Waals surface area contributed by atoms with Crippen LogP contribution in [0.5, 0.6) is 0 Å². The first-order chi connectivity index (χ1) is 13.3. The highest BCUT2D eigenvalue weighted by Gasteiger charge is 2.42. The molecule has 1 N–H and O–H groups in total. The lowest BCUT2D eigenvalue weighted by atomic mass is 10.1. The van der Waals surface area contributed by atoms with E-state index in [1.54, 1.807) is 36.2 Å². The van der Waals surface area contributed by atoms with E-state index >= 15 is 0 Å². The van der Waals surface area contributed by atoms with Gasteiger partial charge >= 0.3 is 0 Å². The summed E-state index contributed by atoms with van der Waals surface area (Å²) in [6.07, 6.45) is 0.0441. The molecule has 1 aliphatic rings. The number of hydrogen-bond donors (Lipinski definition) is 1. The van der Waals surface area contributed by atoms with E-state index in [-0.39, 0.29) is 30.7 Å². The average molecular weight is 400 g/mol. The van der Waals surface area contributed by atoms with Crippen LogP contribution in [0.1, 0.15) is 17.5 Å². The molecule has 0 spiro atoms. The number of halogens is 1. The molecule has 0 saturated carbocycles. The molecule has 2 aromatic carbocycles. The fourth-order valence-corrected chi connectivity index (χ4v) is 3.63. The second kappa shape index (κ2) is 8.12. The lowest BCUT2D eigenvalue weighted by Crippen LogP contribution is -2.43. The SMILES string of the molecule is Cc1cccc(C)c1N1C(=O)C[C@H](N(C)CC(=O)Nc2ccccc2Cl)C1=O. The molecule has 0 unspecified atom stereocenters. The maximum atomic E-state index is 13.0. The predicted molar refractivity (Wildman–Crippen MR) is 110 cm³/mol. The fraction of sp³-hybridized carbons (Fsp3) is 0.286. The van der Waals surface area contributed by atoms with Crippen molar-refractivity contribution in [1.29, 1.82) is 0 Å². The van der Waals surface area contributed by atoms with Gasteiger partial charge in [0.05, 0.1) is 35.4 Å². The van der Waals surface area contributed by atoms with Crippen molar-refractivity contribution in [3.63, 3.8) is 0 Å². The van der Waals surface area contributed by atoms with Crippen LogP contribution in [0.4, 0.5) is 11.4 Å². The average Bonchev–Trinajstić information content (AvgIpc) is 2.92. The molecule has 28 heavy (non-hydrogen) atoms. The summed E-state index contributed by atoms with van der Waals surface area (Å²) >= 11 is 6.06. The molecule has 2 aromatic rings. The molecular weight excluding hydrogens is 378 g/mol. The van der Waals surface area contributed by atoms with Crippen molar-refractivity contribution in [2.75, 3.05) is 23.8 Å². The number of likely N-dealkylation sites (N-methyl/N-ethyl adjacent to an activating group) is 1. The van der Waals surface area contributed by atoms with Gasteiger partial charge in [-0.2, -0.15) is 0 Å². The van der Waals surface area contributed by atoms with Crippen LogP contribution in [0.3, 0.4) is 0 Å². The number of amides is 3. The standard InChI is InChI=1S/C21H22ClN3O3/c1-13-7-6-8-14(2)20(13)25-19(27)11-17(21(25)28)24(3)12-18(26)23-16-10-5-4-9-15(16)22/h4-10,17H,11-12H2,1-3H3,(H,23,26)/t17-/m0/s1. The first-order valence-corrected chi connectivity index (χ1v) is 9.35. The Bertz CT molecular complexity index is 924. The topological polar surface area (TPSA) is 69.7 Å². The van der Waals surface area contributed by atoms with Gasteiger partial charge in [0.2, 0.25) is 11.8 Å². The second-order valence-corrected chi connectivity index (χ2v) is 7.38. The number of aryl methyl sites for hydroxylation is 2. The number of para-hydroxylation sites is 2. The van der Waals surface area contributed by atoms with E-state index in [1.807, 2.05) is 32.0 Å². The third kappa shape index (κ3) is 3.93. The van der Waals surface area contributed by atoms with Crippen molar-refractivity contribution in [3.05, 3.63) is 58.6 Å². The van der Waals surface area contributed by atoms with Gasteiger partial charge in [0.1, 0.15) is 0 Å². The molecular formula is C21H22ClN3O3. The molecule has 0 aromatic heterocycles. The molecule has 1 fully saturated rings. The van der Waals surface area contributed by atoms with Gasteiger partial charge in [0, 0.05) is 0 Å². The highest BCUT2D eigenvalue weighted by molar-refractivity contribution is 6.33. The van der Waals surface area contributed by atoms with Gasteiger partial charge in [0.15, 0.2) is 0 Å². The largest absolute Gasteiger partial charge is 0.324 e. The molecule has 0 bridgehead atoms. The zero-order valence-electron chi connectivity index (χ0n) is 16.0. The normalized spacial score (nSPS) is 16.8. The minimum atomic E-state index is -0.677. The quantitative estimate of drug-likeness (QED) is 0.784. The summed E-state index contributed by atoms with van der Waals surface area (Å²) in [4.78, 5) is 40.8. The minimum Gasteiger partial charge on any atom is -0.324 e. The van der Waals surface area contributed by atoms with Crippen LogP contribution in [0.2, 0.25) is 5.02 Å². The number of anilines is 2. The number of rotatable bonds is 5. The molecule has 6 nitrogen and oxygen atoms in total. The van der Waals surface area contributed by atoms with Crippen LogP contribution in [0.15, 0.2) is 42.5 Å². The third-order valence-electron chi connectivity index (χ3n) is 4.86. The molecule has 3 rings (SSSR count). The van der Waals surface area contributed by atoms with Crippen LogP contribution < -0.4 is 10.2 Å². The fourth-order valence-electron chi connectivity index (χ4n) is 3.44. The Morgan fingerprint density at radius 2 is 1.79 bits per heavy atom. The third-order valence-corrected chi connectivity index (χ3v) is 5.19. The minimum absolute atomic E-state index is 0.0322. The number of hydrogen-bond acceptors (Lipinski definition) is 4. The van der Waals surface area contributed by atoms with E-state index < -0.39 is 6.04 Å². The summed E-state index contributed by atoms with van der Waals surface area (Å²) in [5.41, 5.74) is 2.87. The number of imide groups is 1. The lowest BCUT2D eigenvalue weighted by Gasteiger charge is -2.23. The highest BCUT2D eigenvalue weighted by Crippen LogP contribution is 2.31. The van der Waals surface area contributed by atoms with E-state index in [9.17, 15) is 14.4 Å². The second-order valence-electron chi connectivity index (χ2n) is 6.97. The van der Waals surface area contributed by atoms with Crippen molar-refractivity contribution in [3.8, 4) is 0 Å². The Balaban J connectivity index is 1.72. The smallest absolute Gasteiger partial charge is 0.251 e. The molecule has 1 heterocycles. The molecule has 146 valence electrons. The molecule has 0 aliphatic carbocycles. The van der Waals surface area contributed by atoms with Crippen LogP contribution in [-0.2, 0) is 14.4 Å². The zero-order valence-corrected chi connectivity index (χ0v) is 16.8. The van der Waals surface area contributed by atoms with Gasteiger partial charge in [-0.1, -0.05) is 41.9 Å². The number of benzene rings is 2. The maximum absolute atomic E-state index is 13.0. The highest BCUT2D eigenvalue weighted by atomic mass is 35.5. The van der Waals surface area contributed by atoms with E-state index in [0.29, 0.717) is 16.4 Å². The molecule has 7 heteroatoms. The number of nitrogens with one attached hydrogen (secondary N) is 1. The Morgan fingerprint density at radius 1 is 1.14 bits per heavy atom. The van der Waals surface area contributed by atoms with Gasteiger partial charge in [-0.25, -0.2) is 4.90 Å². The van der Waals surface area contributed by atoms with Gasteiger partial charge in [-0.15, -0.1) is 0 Å². The maximum Gasteiger partial charge on any atom is 0.251 e. The summed E-state index contributed by atoms with van der Waals surface area (Å²) in [5.74, 6) is -0.873. The predicted octanol–water partition coefficient (Wildman–Crippen LogP) is 3.16. The molecule has 3 amide bonds. The zero-order chi connectivity index (χ0) is 20.4. The first-order valence-electron chi connectivity index (χ1n) is 8.97. The van der Waals surface area contributed by atoms with Gasteiger partial charge in [-0.05, 0) is 44.2 Å². The number of nitrogens with zero attached hydrogens (tertiary/aromatic N) is 2. The first kappa shape index (κ1) is 20.0. The van der Waals surface area contributed by atoms with Crippen LogP contribution in [-0.4, -0.2) is 42.3 Å². The van der Waals surface area contributed by atoms with Gasteiger partial charge < -0.3 is 5.32 Å². The van der Waals surface area contributed by atoms with E-state index in [2.05, 4.69) is 5.32 Å². The van der Waals surface area contributed by atoms with Crippen LogP contribution in [0, 0.1) is 13.8 Å². The summed E-state index contributed by atoms with van der Waals surface area (Å²) in [7, 11) is 1.66. The van der Waals surface area contributed by atoms with Crippen LogP contribution >= 0.6 is 11.6 Å². The van der Waals surface area contributed by atoms with E-state index in [4.69, 9.17) is 11.6 Å². The van der Waals surface area contributed by atoms with Gasteiger partial charge in [-0.3, -0.25) is 19.3 Å². The number of carbonyl (C=O) groups is 3. The summed E-state index contributed by atoms with van der Waals surface area (Å²) in [6.45, 7) is 3.71. The molecule has 1 saturated heterocycles. The van der Waals surface area contributed by atoms with E-state index in [0.717, 1.165) is 11.1 Å². The molecule has 1 atom stereocenters. The molecule has 1 aliphatic heterocycles. The van der Waals surface area contributed by atoms with Crippen molar-refractivity contribution < 1.29 is 14.4 Å². The van der Waals surface area contributed by atoms with E-state index in [1.165, 1.54) is 4.90 Å². The Morgan fingerprint density at radius 3 is 2.43 bits per heavy atom. The Kier molecular flexibility index (Phi) is 5.82. The lowest BCUT2D eigenvalue weighted by molar-refractivity contribution is -0.123. The van der Waals surface area contributed by atoms with Gasteiger partial charge in [0.25, 0.3) is 5.91 Å². The van der Waals surface area contributed by atoms with Crippen molar-refractivity contribution >= 4 is 40.7 Å². The summed E-state index contributed by atoms with van der Waals surface area (Å²) in [6, 6.07) is 11.9. The summed E-state index contributed by atoms with van der Waals surface area (Å²) < 4.78 is 0. The van der Waals surface area contributed by atoms with Crippen molar-refractivity contribution in [2.45, 2.75) is 26.3 Å². The monoisotopic (exact) mass is 399 g/mol. The molecule has 0 radical (unpaired) electrons. The summed E-state index contributed by atoms with van der Waals surface area (Å²) in [5, 5.41) is 3.17. The Hall–Kier alpha value is -2.70. The number of carbonyl (C=O) groups excluding carboxylic acids is 3. The Labute approximate surface area is 169 Å². The van der Waals surface area contributed by atoms with Crippen LogP contribution in [0.25, 0.3) is 0 Å². The van der Waals surface area contributed by atoms with Crippen molar-refractivity contribution in [2.24, 2.45) is 0 Å².